The zero-order valence-electron chi connectivity index (χ0n) is 15.3. The third kappa shape index (κ3) is 2.40. The van der Waals surface area contributed by atoms with Crippen molar-refractivity contribution >= 4 is 11.9 Å². The van der Waals surface area contributed by atoms with Crippen LogP contribution < -0.4 is 5.32 Å². The Hall–Kier alpha value is -1.34. The fourth-order valence-electron chi connectivity index (χ4n) is 5.41. The summed E-state index contributed by atoms with van der Waals surface area (Å²) in [4.78, 5) is 29.6. The molecule has 1 saturated carbocycles. The number of carbonyl (C=O) groups is 2. The van der Waals surface area contributed by atoms with Crippen molar-refractivity contribution in [2.45, 2.75) is 43.8 Å². The van der Waals surface area contributed by atoms with Gasteiger partial charge in [-0.05, 0) is 38.1 Å². The number of nitrogens with zero attached hydrogens (tertiary/aromatic N) is 4. The van der Waals surface area contributed by atoms with Crippen molar-refractivity contribution in [3.05, 3.63) is 0 Å². The molecule has 7 nitrogen and oxygen atoms in total. The average Bonchev–Trinajstić information content (AvgIpc) is 2.66. The molecule has 0 unspecified atom stereocenters. The van der Waals surface area contributed by atoms with Crippen molar-refractivity contribution in [2.75, 3.05) is 47.8 Å². The van der Waals surface area contributed by atoms with Gasteiger partial charge in [0.05, 0.1) is 21.1 Å². The second kappa shape index (κ2) is 5.08. The van der Waals surface area contributed by atoms with E-state index in [-0.39, 0.29) is 24.0 Å². The van der Waals surface area contributed by atoms with Crippen LogP contribution in [-0.2, 0) is 4.79 Å². The number of urea groups is 1. The lowest BCUT2D eigenvalue weighted by atomic mass is 9.61. The number of quaternary nitrogens is 1. The summed E-state index contributed by atoms with van der Waals surface area (Å²) in [6, 6.07) is 0.261. The summed E-state index contributed by atoms with van der Waals surface area (Å²) in [5.74, 6) is 0.0533. The molecule has 3 amide bonds. The van der Waals surface area contributed by atoms with Gasteiger partial charge in [0.15, 0.2) is 0 Å². The minimum atomic E-state index is -0.286. The van der Waals surface area contributed by atoms with Crippen molar-refractivity contribution in [3.63, 3.8) is 0 Å². The first kappa shape index (κ1) is 16.1. The molecule has 134 valence electrons. The Kier molecular flexibility index (Phi) is 3.42. The quantitative estimate of drug-likeness (QED) is 0.743. The Morgan fingerprint density at radius 2 is 1.88 bits per heavy atom. The third-order valence-electron chi connectivity index (χ3n) is 6.21. The van der Waals surface area contributed by atoms with Gasteiger partial charge in [-0.25, -0.2) is 9.39 Å². The van der Waals surface area contributed by atoms with E-state index in [0.29, 0.717) is 22.6 Å². The largest absolute Gasteiger partial charge is 0.365 e. The van der Waals surface area contributed by atoms with E-state index in [1.54, 1.807) is 4.90 Å². The van der Waals surface area contributed by atoms with E-state index in [1.807, 2.05) is 26.2 Å². The van der Waals surface area contributed by atoms with Crippen molar-refractivity contribution in [1.82, 2.24) is 20.1 Å². The number of fused-ring (bicyclic) bond motifs is 2. The van der Waals surface area contributed by atoms with Crippen LogP contribution in [-0.4, -0.2) is 97.3 Å². The van der Waals surface area contributed by atoms with E-state index in [2.05, 4.69) is 17.3 Å². The number of nitrogens with one attached hydrogen (secondary N) is 1. The fraction of sp³-hybridized carbons (Fsp3) is 0.882. The maximum absolute atomic E-state index is 12.8. The van der Waals surface area contributed by atoms with Gasteiger partial charge >= 0.3 is 6.03 Å². The van der Waals surface area contributed by atoms with E-state index >= 15 is 0 Å². The van der Waals surface area contributed by atoms with Crippen molar-refractivity contribution in [2.24, 2.45) is 5.41 Å². The average molecular weight is 336 g/mol. The predicted molar refractivity (Wildman–Crippen MR) is 89.9 cm³/mol. The van der Waals surface area contributed by atoms with Gasteiger partial charge in [-0.3, -0.25) is 4.79 Å². The molecule has 3 aliphatic heterocycles. The molecule has 2 bridgehead atoms. The lowest BCUT2D eigenvalue weighted by Crippen LogP contribution is -2.66. The zero-order chi connectivity index (χ0) is 17.3. The van der Waals surface area contributed by atoms with E-state index < -0.39 is 0 Å². The normalized spacial score (nSPS) is 32.8. The van der Waals surface area contributed by atoms with Crippen molar-refractivity contribution < 1.29 is 14.2 Å². The van der Waals surface area contributed by atoms with Gasteiger partial charge in [0.25, 0.3) is 0 Å². The summed E-state index contributed by atoms with van der Waals surface area (Å²) in [5, 5.41) is 5.12. The molecule has 0 aromatic rings. The second-order valence-electron chi connectivity index (χ2n) is 9.25. The molecule has 24 heavy (non-hydrogen) atoms. The van der Waals surface area contributed by atoms with E-state index in [4.69, 9.17) is 0 Å². The van der Waals surface area contributed by atoms with Gasteiger partial charge in [0.2, 0.25) is 5.91 Å². The molecule has 0 aromatic carbocycles. The minimum absolute atomic E-state index is 0.0100. The van der Waals surface area contributed by atoms with Gasteiger partial charge in [-0.1, -0.05) is 0 Å². The highest BCUT2D eigenvalue weighted by atomic mass is 16.2. The maximum atomic E-state index is 12.8. The van der Waals surface area contributed by atoms with Crippen LogP contribution in [0.5, 0.6) is 0 Å². The summed E-state index contributed by atoms with van der Waals surface area (Å²) in [6.45, 7) is 3.01. The molecular formula is C17H30N5O2+. The second-order valence-corrected chi connectivity index (χ2v) is 9.25. The molecular weight excluding hydrogens is 306 g/mol. The Bertz CT molecular complexity index is 558. The summed E-state index contributed by atoms with van der Waals surface area (Å²) in [5.41, 5.74) is 0.467. The van der Waals surface area contributed by atoms with Crippen LogP contribution in [0.15, 0.2) is 0 Å². The first-order valence-corrected chi connectivity index (χ1v) is 9.09. The first-order valence-electron chi connectivity index (χ1n) is 9.09. The van der Waals surface area contributed by atoms with E-state index in [1.165, 1.54) is 0 Å². The van der Waals surface area contributed by atoms with Crippen LogP contribution >= 0.6 is 0 Å². The van der Waals surface area contributed by atoms with Crippen LogP contribution in [0.2, 0.25) is 0 Å². The number of piperidine rings is 1. The third-order valence-corrected chi connectivity index (χ3v) is 6.21. The highest BCUT2D eigenvalue weighted by molar-refractivity contribution is 5.88. The Balaban J connectivity index is 1.36. The highest BCUT2D eigenvalue weighted by Crippen LogP contribution is 2.47. The predicted octanol–water partition coefficient (Wildman–Crippen LogP) is 0.0866. The molecule has 3 saturated heterocycles. The van der Waals surface area contributed by atoms with E-state index in [9.17, 15) is 9.59 Å². The Morgan fingerprint density at radius 3 is 2.46 bits per heavy atom. The highest BCUT2D eigenvalue weighted by Gasteiger charge is 2.54. The number of amides is 3. The number of hydrogen-bond donors (Lipinski definition) is 1. The molecule has 1 N–H and O–H groups in total. The number of rotatable bonds is 3. The van der Waals surface area contributed by atoms with Gasteiger partial charge in [-0.15, -0.1) is 0 Å². The van der Waals surface area contributed by atoms with Gasteiger partial charge in [0.1, 0.15) is 12.1 Å². The lowest BCUT2D eigenvalue weighted by Gasteiger charge is -2.58. The van der Waals surface area contributed by atoms with Crippen LogP contribution in [0.4, 0.5) is 4.79 Å². The van der Waals surface area contributed by atoms with Crippen molar-refractivity contribution in [3.8, 4) is 0 Å². The maximum Gasteiger partial charge on any atom is 0.365 e. The monoisotopic (exact) mass is 336 g/mol. The number of carbonyl (C=O) groups excluding carboxylic acids is 2. The molecule has 7 heteroatoms. The van der Waals surface area contributed by atoms with Gasteiger partial charge < -0.3 is 15.1 Å². The molecule has 2 atom stereocenters. The van der Waals surface area contributed by atoms with Crippen LogP contribution in [0, 0.1) is 5.41 Å². The summed E-state index contributed by atoms with van der Waals surface area (Å²) in [6.07, 6.45) is 3.88. The van der Waals surface area contributed by atoms with Crippen LogP contribution in [0.3, 0.4) is 0 Å². The minimum Gasteiger partial charge on any atom is -0.352 e. The molecule has 4 rings (SSSR count). The number of likely N-dealkylation sites (tertiary alicyclic amines) is 1. The molecule has 1 spiro atoms. The Labute approximate surface area is 144 Å². The Morgan fingerprint density at radius 1 is 1.21 bits per heavy atom. The molecule has 1 aliphatic carbocycles. The summed E-state index contributed by atoms with van der Waals surface area (Å²) < 4.78 is 0.493. The topological polar surface area (TPSA) is 55.9 Å². The SMILES string of the molecule is CN1CC2(CC(NC(=O)[C@@H]3CC[C@@H]4CN3C(=O)N4[N+](C)(C)C)C2)C1. The summed E-state index contributed by atoms with van der Waals surface area (Å²) in [7, 11) is 8.18. The lowest BCUT2D eigenvalue weighted by molar-refractivity contribution is -0.975. The molecule has 4 fully saturated rings. The van der Waals surface area contributed by atoms with Gasteiger partial charge in [-0.2, -0.15) is 5.01 Å². The summed E-state index contributed by atoms with van der Waals surface area (Å²) >= 11 is 0. The smallest absolute Gasteiger partial charge is 0.352 e. The number of hydrogen-bond acceptors (Lipinski definition) is 3. The van der Waals surface area contributed by atoms with Crippen LogP contribution in [0.25, 0.3) is 0 Å². The molecule has 3 heterocycles. The fourth-order valence-corrected chi connectivity index (χ4v) is 5.41. The first-order chi connectivity index (χ1) is 11.2. The molecule has 0 aromatic heterocycles. The standard InChI is InChI=1S/C17H29N5O2/c1-19-10-17(11-19)7-12(8-17)18-15(23)14-6-5-13-9-20(14)16(24)21(13)22(2,3)4/h12-14H,5-11H2,1-4H3/p+1/t13-,14+/m1/s1. The van der Waals surface area contributed by atoms with Crippen LogP contribution in [0.1, 0.15) is 25.7 Å². The van der Waals surface area contributed by atoms with Crippen molar-refractivity contribution in [1.29, 1.82) is 0 Å². The zero-order valence-corrected chi connectivity index (χ0v) is 15.3. The van der Waals surface area contributed by atoms with Gasteiger partial charge in [0, 0.05) is 25.7 Å². The molecule has 0 radical (unpaired) electrons. The molecule has 4 aliphatic rings. The van der Waals surface area contributed by atoms with E-state index in [0.717, 1.165) is 38.8 Å².